The minimum Gasteiger partial charge on any atom is -0.352 e. The molecule has 0 aliphatic carbocycles. The fraction of sp³-hybridized carbons (Fsp3) is 0.381. The third-order valence-corrected chi connectivity index (χ3v) is 6.85. The second kappa shape index (κ2) is 9.61. The van der Waals surface area contributed by atoms with Gasteiger partial charge in [0.1, 0.15) is 4.90 Å². The molecule has 1 fully saturated rings. The van der Waals surface area contributed by atoms with E-state index in [1.54, 1.807) is 12.1 Å². The number of carbonyl (C=O) groups excluding carboxylic acids is 1. The largest absolute Gasteiger partial charge is 0.352 e. The molecule has 0 spiro atoms. The van der Waals surface area contributed by atoms with Gasteiger partial charge in [-0.3, -0.25) is 9.52 Å². The Morgan fingerprint density at radius 3 is 2.59 bits per heavy atom. The molecule has 0 bridgehead atoms. The van der Waals surface area contributed by atoms with Gasteiger partial charge >= 0.3 is 0 Å². The van der Waals surface area contributed by atoms with Crippen molar-refractivity contribution in [2.75, 3.05) is 30.9 Å². The van der Waals surface area contributed by atoms with Gasteiger partial charge < -0.3 is 10.2 Å². The van der Waals surface area contributed by atoms with Gasteiger partial charge in [0.15, 0.2) is 0 Å². The van der Waals surface area contributed by atoms with Crippen molar-refractivity contribution in [1.82, 2.24) is 10.2 Å². The maximum absolute atomic E-state index is 12.8. The molecule has 156 valence electrons. The number of sulfonamides is 1. The topological polar surface area (TPSA) is 78.5 Å². The van der Waals surface area contributed by atoms with Crippen molar-refractivity contribution < 1.29 is 13.2 Å². The summed E-state index contributed by atoms with van der Waals surface area (Å²) in [5.74, 6) is -0.310. The molecule has 6 nitrogen and oxygen atoms in total. The maximum atomic E-state index is 12.8. The van der Waals surface area contributed by atoms with Crippen LogP contribution in [0.4, 0.5) is 5.69 Å². The van der Waals surface area contributed by atoms with Crippen LogP contribution in [-0.4, -0.2) is 45.4 Å². The number of amides is 1. The van der Waals surface area contributed by atoms with Crippen LogP contribution in [-0.2, 0) is 10.0 Å². The molecule has 2 N–H and O–H groups in total. The molecule has 0 saturated carbocycles. The van der Waals surface area contributed by atoms with Crippen LogP contribution in [0.5, 0.6) is 0 Å². The summed E-state index contributed by atoms with van der Waals surface area (Å²) in [5.41, 5.74) is 1.53. The van der Waals surface area contributed by atoms with Crippen LogP contribution >= 0.6 is 11.6 Å². The van der Waals surface area contributed by atoms with Gasteiger partial charge in [-0.05, 0) is 75.6 Å². The lowest BCUT2D eigenvalue weighted by atomic mass is 10.2. The molecular formula is C21H26ClN3O3S. The van der Waals surface area contributed by atoms with E-state index in [-0.39, 0.29) is 21.4 Å². The highest BCUT2D eigenvalue weighted by molar-refractivity contribution is 7.92. The molecule has 2 aromatic rings. The monoisotopic (exact) mass is 435 g/mol. The van der Waals surface area contributed by atoms with Gasteiger partial charge in [-0.1, -0.05) is 29.8 Å². The highest BCUT2D eigenvalue weighted by atomic mass is 35.5. The molecule has 0 aromatic heterocycles. The molecule has 3 rings (SSSR count). The minimum atomic E-state index is -3.93. The molecule has 1 saturated heterocycles. The molecule has 1 amide bonds. The number of nitrogens with one attached hydrogen (secondary N) is 2. The van der Waals surface area contributed by atoms with Crippen LogP contribution < -0.4 is 10.0 Å². The number of hydrogen-bond acceptors (Lipinski definition) is 4. The van der Waals surface area contributed by atoms with Gasteiger partial charge in [0, 0.05) is 12.1 Å². The Bertz CT molecular complexity index is 973. The second-order valence-corrected chi connectivity index (χ2v) is 9.28. The molecule has 29 heavy (non-hydrogen) atoms. The molecule has 1 heterocycles. The summed E-state index contributed by atoms with van der Waals surface area (Å²) >= 11 is 6.13. The fourth-order valence-corrected chi connectivity index (χ4v) is 5.01. The summed E-state index contributed by atoms with van der Waals surface area (Å²) in [6.45, 7) is 5.56. The lowest BCUT2D eigenvalue weighted by molar-refractivity contribution is 0.0952. The average Bonchev–Trinajstić information content (AvgIpc) is 3.20. The van der Waals surface area contributed by atoms with Crippen molar-refractivity contribution in [1.29, 1.82) is 0 Å². The third-order valence-electron chi connectivity index (χ3n) is 5.01. The fourth-order valence-electron chi connectivity index (χ4n) is 3.35. The summed E-state index contributed by atoms with van der Waals surface area (Å²) < 4.78 is 28.2. The number of aryl methyl sites for hydroxylation is 1. The van der Waals surface area contributed by atoms with Crippen molar-refractivity contribution in [3.63, 3.8) is 0 Å². The molecule has 0 atom stereocenters. The predicted octanol–water partition coefficient (Wildman–Crippen LogP) is 3.66. The summed E-state index contributed by atoms with van der Waals surface area (Å²) in [5, 5.41) is 2.92. The number of likely N-dealkylation sites (tertiary alicyclic amines) is 1. The Hall–Kier alpha value is -2.09. The number of halogens is 1. The Morgan fingerprint density at radius 2 is 1.86 bits per heavy atom. The summed E-state index contributed by atoms with van der Waals surface area (Å²) in [7, 11) is -3.93. The number of rotatable bonds is 8. The van der Waals surface area contributed by atoms with Crippen LogP contribution in [0.1, 0.15) is 35.2 Å². The molecule has 0 unspecified atom stereocenters. The van der Waals surface area contributed by atoms with E-state index in [1.807, 2.05) is 19.1 Å². The summed E-state index contributed by atoms with van der Waals surface area (Å²) in [6, 6.07) is 11.4. The number of hydrogen-bond donors (Lipinski definition) is 2. The molecule has 0 radical (unpaired) electrons. The summed E-state index contributed by atoms with van der Waals surface area (Å²) in [4.78, 5) is 14.7. The smallest absolute Gasteiger partial charge is 0.263 e. The molecule has 8 heteroatoms. The molecule has 1 aliphatic rings. The Labute approximate surface area is 177 Å². The lowest BCUT2D eigenvalue weighted by Gasteiger charge is -2.15. The van der Waals surface area contributed by atoms with Crippen molar-refractivity contribution >= 4 is 33.2 Å². The van der Waals surface area contributed by atoms with Gasteiger partial charge in [-0.2, -0.15) is 0 Å². The van der Waals surface area contributed by atoms with Gasteiger partial charge in [-0.25, -0.2) is 8.42 Å². The van der Waals surface area contributed by atoms with E-state index < -0.39 is 10.0 Å². The first-order chi connectivity index (χ1) is 13.9. The molecular weight excluding hydrogens is 410 g/mol. The van der Waals surface area contributed by atoms with Crippen LogP contribution in [0.15, 0.2) is 47.4 Å². The van der Waals surface area contributed by atoms with E-state index in [9.17, 15) is 13.2 Å². The van der Waals surface area contributed by atoms with E-state index in [4.69, 9.17) is 11.6 Å². The van der Waals surface area contributed by atoms with Crippen molar-refractivity contribution in [2.24, 2.45) is 0 Å². The van der Waals surface area contributed by atoms with Crippen LogP contribution in [0, 0.1) is 6.92 Å². The Morgan fingerprint density at radius 1 is 1.14 bits per heavy atom. The van der Waals surface area contributed by atoms with Crippen molar-refractivity contribution in [3.8, 4) is 0 Å². The standard InChI is InChI=1S/C21H26ClN3O3S/c1-16-7-2-3-8-19(16)24-29(27,28)20-15-17(9-10-18(20)22)21(26)23-11-6-14-25-12-4-5-13-25/h2-3,7-10,15,24H,4-6,11-14H2,1H3,(H,23,26). The number of nitrogens with zero attached hydrogens (tertiary/aromatic N) is 1. The second-order valence-electron chi connectivity index (χ2n) is 7.22. The zero-order valence-electron chi connectivity index (χ0n) is 16.4. The first-order valence-corrected chi connectivity index (χ1v) is 11.6. The van der Waals surface area contributed by atoms with Crippen LogP contribution in [0.2, 0.25) is 5.02 Å². The highest BCUT2D eigenvalue weighted by Crippen LogP contribution is 2.26. The van der Waals surface area contributed by atoms with Gasteiger partial charge in [0.25, 0.3) is 15.9 Å². The first kappa shape index (κ1) is 21.6. The zero-order chi connectivity index (χ0) is 20.9. The first-order valence-electron chi connectivity index (χ1n) is 9.75. The predicted molar refractivity (Wildman–Crippen MR) is 116 cm³/mol. The average molecular weight is 436 g/mol. The Kier molecular flexibility index (Phi) is 7.16. The molecule has 1 aliphatic heterocycles. The van der Waals surface area contributed by atoms with Crippen LogP contribution in [0.3, 0.4) is 0 Å². The van der Waals surface area contributed by atoms with E-state index >= 15 is 0 Å². The number of carbonyl (C=O) groups is 1. The lowest BCUT2D eigenvalue weighted by Crippen LogP contribution is -2.28. The molecule has 2 aromatic carbocycles. The quantitative estimate of drug-likeness (QED) is 0.620. The maximum Gasteiger partial charge on any atom is 0.263 e. The normalized spacial score (nSPS) is 14.7. The number of anilines is 1. The van der Waals surface area contributed by atoms with E-state index in [2.05, 4.69) is 14.9 Å². The van der Waals surface area contributed by atoms with Gasteiger partial charge in [0.05, 0.1) is 10.7 Å². The third kappa shape index (κ3) is 5.72. The van der Waals surface area contributed by atoms with Crippen LogP contribution in [0.25, 0.3) is 0 Å². The van der Waals surface area contributed by atoms with E-state index in [0.717, 1.165) is 31.6 Å². The Balaban J connectivity index is 1.66. The zero-order valence-corrected chi connectivity index (χ0v) is 18.0. The summed E-state index contributed by atoms with van der Waals surface area (Å²) in [6.07, 6.45) is 3.34. The van der Waals surface area contributed by atoms with Crippen molar-refractivity contribution in [2.45, 2.75) is 31.1 Å². The van der Waals surface area contributed by atoms with Crippen molar-refractivity contribution in [3.05, 3.63) is 58.6 Å². The number of para-hydroxylation sites is 1. The van der Waals surface area contributed by atoms with Gasteiger partial charge in [-0.15, -0.1) is 0 Å². The van der Waals surface area contributed by atoms with E-state index in [0.29, 0.717) is 12.2 Å². The highest BCUT2D eigenvalue weighted by Gasteiger charge is 2.21. The van der Waals surface area contributed by atoms with E-state index in [1.165, 1.54) is 31.0 Å². The number of benzene rings is 2. The SMILES string of the molecule is Cc1ccccc1NS(=O)(=O)c1cc(C(=O)NCCCN2CCCC2)ccc1Cl. The minimum absolute atomic E-state index is 0.0664. The van der Waals surface area contributed by atoms with Gasteiger partial charge in [0.2, 0.25) is 0 Å².